The Labute approximate surface area is 81.1 Å². The van der Waals surface area contributed by atoms with Gasteiger partial charge in [-0.25, -0.2) is 0 Å². The van der Waals surface area contributed by atoms with E-state index in [2.05, 4.69) is 10.3 Å². The van der Waals surface area contributed by atoms with Crippen molar-refractivity contribution in [3.8, 4) is 0 Å². The quantitative estimate of drug-likeness (QED) is 0.625. The molecule has 0 saturated carbocycles. The highest BCUT2D eigenvalue weighted by atomic mass is 16.4. The molecule has 0 unspecified atom stereocenters. The number of oxazole rings is 1. The Morgan fingerprint density at radius 2 is 2.29 bits per heavy atom. The van der Waals surface area contributed by atoms with Crippen LogP contribution in [0.5, 0.6) is 0 Å². The molecule has 5 nitrogen and oxygen atoms in total. The second kappa shape index (κ2) is 3.55. The van der Waals surface area contributed by atoms with Crippen LogP contribution < -0.4 is 16.8 Å². The van der Waals surface area contributed by atoms with Crippen LogP contribution in [0.2, 0.25) is 0 Å². The number of anilines is 2. The first-order chi connectivity index (χ1) is 6.79. The molecule has 1 aromatic carbocycles. The number of aromatic nitrogens is 1. The first kappa shape index (κ1) is 8.83. The Kier molecular flexibility index (Phi) is 2.24. The zero-order valence-electron chi connectivity index (χ0n) is 7.66. The van der Waals surface area contributed by atoms with E-state index in [4.69, 9.17) is 15.9 Å². The van der Waals surface area contributed by atoms with Gasteiger partial charge in [-0.2, -0.15) is 4.98 Å². The highest BCUT2D eigenvalue weighted by Gasteiger charge is 2.04. The number of nitrogens with zero attached hydrogens (tertiary/aromatic N) is 1. The predicted octanol–water partition coefficient (Wildman–Crippen LogP) is 0.781. The van der Waals surface area contributed by atoms with Crippen LogP contribution in [-0.4, -0.2) is 18.1 Å². The van der Waals surface area contributed by atoms with Gasteiger partial charge in [-0.1, -0.05) is 0 Å². The average Bonchev–Trinajstić information content (AvgIpc) is 2.56. The van der Waals surface area contributed by atoms with Crippen LogP contribution in [0.3, 0.4) is 0 Å². The largest absolute Gasteiger partial charge is 0.424 e. The smallest absolute Gasteiger partial charge is 0.295 e. The summed E-state index contributed by atoms with van der Waals surface area (Å²) in [6.07, 6.45) is 0. The molecule has 74 valence electrons. The van der Waals surface area contributed by atoms with Crippen LogP contribution >= 0.6 is 0 Å². The number of nitrogens with one attached hydrogen (secondary N) is 1. The van der Waals surface area contributed by atoms with E-state index >= 15 is 0 Å². The summed E-state index contributed by atoms with van der Waals surface area (Å²) in [5.41, 5.74) is 13.1. The minimum Gasteiger partial charge on any atom is -0.424 e. The van der Waals surface area contributed by atoms with Gasteiger partial charge in [0, 0.05) is 18.8 Å². The molecule has 5 heteroatoms. The summed E-state index contributed by atoms with van der Waals surface area (Å²) in [5.74, 6) is 0. The molecule has 14 heavy (non-hydrogen) atoms. The fraction of sp³-hybridized carbons (Fsp3) is 0.222. The summed E-state index contributed by atoms with van der Waals surface area (Å²) in [4.78, 5) is 4.20. The van der Waals surface area contributed by atoms with Crippen molar-refractivity contribution >= 4 is 22.8 Å². The molecule has 2 rings (SSSR count). The second-order valence-electron chi connectivity index (χ2n) is 2.96. The third-order valence-electron chi connectivity index (χ3n) is 1.83. The summed E-state index contributed by atoms with van der Waals surface area (Å²) >= 11 is 0. The number of rotatable bonds is 3. The average molecular weight is 192 g/mol. The van der Waals surface area contributed by atoms with Gasteiger partial charge in [0.25, 0.3) is 6.01 Å². The minimum atomic E-state index is 0.482. The zero-order chi connectivity index (χ0) is 9.97. The van der Waals surface area contributed by atoms with Gasteiger partial charge in [0.05, 0.1) is 0 Å². The summed E-state index contributed by atoms with van der Waals surface area (Å²) in [6.45, 7) is 1.18. The molecule has 0 bridgehead atoms. The number of fused-ring (bicyclic) bond motifs is 1. The second-order valence-corrected chi connectivity index (χ2v) is 2.96. The molecule has 0 amide bonds. The third-order valence-corrected chi connectivity index (χ3v) is 1.83. The molecule has 0 aliphatic heterocycles. The molecule has 0 aliphatic rings. The summed E-state index contributed by atoms with van der Waals surface area (Å²) in [5, 5.41) is 2.96. The van der Waals surface area contributed by atoms with E-state index in [1.165, 1.54) is 0 Å². The van der Waals surface area contributed by atoms with Crippen LogP contribution in [-0.2, 0) is 0 Å². The fourth-order valence-electron chi connectivity index (χ4n) is 1.20. The Balaban J connectivity index is 2.32. The van der Waals surface area contributed by atoms with Crippen LogP contribution in [0.4, 0.5) is 11.7 Å². The zero-order valence-corrected chi connectivity index (χ0v) is 7.66. The Bertz CT molecular complexity index is 437. The first-order valence-electron chi connectivity index (χ1n) is 4.39. The highest BCUT2D eigenvalue weighted by molar-refractivity contribution is 5.78. The number of hydrogen-bond donors (Lipinski definition) is 3. The molecular formula is C9H12N4O. The molecule has 1 aromatic heterocycles. The van der Waals surface area contributed by atoms with E-state index in [1.807, 2.05) is 0 Å². The molecular weight excluding hydrogens is 180 g/mol. The molecule has 0 atom stereocenters. The normalized spacial score (nSPS) is 10.6. The minimum absolute atomic E-state index is 0.482. The standard InChI is InChI=1S/C9H12N4O/c10-3-4-12-9-13-7-5-6(11)1-2-8(7)14-9/h1-2,5H,3-4,10-11H2,(H,12,13). The SMILES string of the molecule is NCCNc1nc2cc(N)ccc2o1. The maximum atomic E-state index is 5.61. The fourth-order valence-corrected chi connectivity index (χ4v) is 1.20. The van der Waals surface area contributed by atoms with E-state index in [0.717, 1.165) is 11.1 Å². The topological polar surface area (TPSA) is 90.1 Å². The van der Waals surface area contributed by atoms with Crippen LogP contribution in [0.1, 0.15) is 0 Å². The molecule has 1 heterocycles. The van der Waals surface area contributed by atoms with Crippen molar-refractivity contribution in [2.24, 2.45) is 5.73 Å². The highest BCUT2D eigenvalue weighted by Crippen LogP contribution is 2.20. The van der Waals surface area contributed by atoms with E-state index < -0.39 is 0 Å². The lowest BCUT2D eigenvalue weighted by Crippen LogP contribution is -2.13. The van der Waals surface area contributed by atoms with Gasteiger partial charge in [0.1, 0.15) is 5.52 Å². The van der Waals surface area contributed by atoms with Gasteiger partial charge in [0.15, 0.2) is 5.58 Å². The molecule has 0 aliphatic carbocycles. The maximum Gasteiger partial charge on any atom is 0.295 e. The van der Waals surface area contributed by atoms with Crippen molar-refractivity contribution in [3.05, 3.63) is 18.2 Å². The molecule has 0 fully saturated rings. The summed E-state index contributed by atoms with van der Waals surface area (Å²) in [7, 11) is 0. The van der Waals surface area contributed by atoms with Crippen molar-refractivity contribution in [1.29, 1.82) is 0 Å². The summed E-state index contributed by atoms with van der Waals surface area (Å²) in [6, 6.07) is 5.83. The lowest BCUT2D eigenvalue weighted by atomic mass is 10.3. The third kappa shape index (κ3) is 1.62. The van der Waals surface area contributed by atoms with Crippen LogP contribution in [0, 0.1) is 0 Å². The van der Waals surface area contributed by atoms with Gasteiger partial charge in [-0.3, -0.25) is 0 Å². The van der Waals surface area contributed by atoms with Crippen molar-refractivity contribution < 1.29 is 4.42 Å². The first-order valence-corrected chi connectivity index (χ1v) is 4.39. The van der Waals surface area contributed by atoms with Crippen LogP contribution in [0.25, 0.3) is 11.1 Å². The van der Waals surface area contributed by atoms with E-state index in [-0.39, 0.29) is 0 Å². The Morgan fingerprint density at radius 3 is 3.07 bits per heavy atom. The molecule has 0 saturated heterocycles. The molecule has 0 spiro atoms. The number of benzene rings is 1. The molecule has 0 radical (unpaired) electrons. The van der Waals surface area contributed by atoms with E-state index in [0.29, 0.717) is 24.8 Å². The number of nitrogen functional groups attached to an aromatic ring is 1. The van der Waals surface area contributed by atoms with Gasteiger partial charge >= 0.3 is 0 Å². The lowest BCUT2D eigenvalue weighted by molar-refractivity contribution is 0.615. The van der Waals surface area contributed by atoms with E-state index in [9.17, 15) is 0 Å². The number of nitrogens with two attached hydrogens (primary N) is 2. The van der Waals surface area contributed by atoms with Gasteiger partial charge in [0.2, 0.25) is 0 Å². The molecule has 5 N–H and O–H groups in total. The monoisotopic (exact) mass is 192 g/mol. The Hall–Kier alpha value is -1.75. The Morgan fingerprint density at radius 1 is 1.43 bits per heavy atom. The van der Waals surface area contributed by atoms with Crippen molar-refractivity contribution in [3.63, 3.8) is 0 Å². The number of hydrogen-bond acceptors (Lipinski definition) is 5. The van der Waals surface area contributed by atoms with Gasteiger partial charge in [-0.05, 0) is 18.2 Å². The van der Waals surface area contributed by atoms with Crippen molar-refractivity contribution in [2.45, 2.75) is 0 Å². The van der Waals surface area contributed by atoms with Crippen molar-refractivity contribution in [1.82, 2.24) is 4.98 Å². The molecule has 2 aromatic rings. The maximum absolute atomic E-state index is 5.61. The van der Waals surface area contributed by atoms with Gasteiger partial charge in [-0.15, -0.1) is 0 Å². The van der Waals surface area contributed by atoms with Crippen molar-refractivity contribution in [2.75, 3.05) is 24.1 Å². The predicted molar refractivity (Wildman–Crippen MR) is 56.0 cm³/mol. The van der Waals surface area contributed by atoms with Crippen LogP contribution in [0.15, 0.2) is 22.6 Å². The van der Waals surface area contributed by atoms with E-state index in [1.54, 1.807) is 18.2 Å². The van der Waals surface area contributed by atoms with Gasteiger partial charge < -0.3 is 21.2 Å². The summed E-state index contributed by atoms with van der Waals surface area (Å²) < 4.78 is 5.39. The lowest BCUT2D eigenvalue weighted by Gasteiger charge is -1.95.